The van der Waals surface area contributed by atoms with E-state index >= 15 is 0 Å². The molecule has 4 nitrogen and oxygen atoms in total. The van der Waals surface area contributed by atoms with E-state index in [1.54, 1.807) is 24.5 Å². The van der Waals surface area contributed by atoms with Gasteiger partial charge in [0, 0.05) is 24.5 Å². The summed E-state index contributed by atoms with van der Waals surface area (Å²) in [6.45, 7) is 0.568. The van der Waals surface area contributed by atoms with Crippen LogP contribution in [0.4, 0.5) is 0 Å². The molecule has 1 heterocycles. The highest BCUT2D eigenvalue weighted by Gasteiger charge is 2.15. The highest BCUT2D eigenvalue weighted by molar-refractivity contribution is 5.93. The van der Waals surface area contributed by atoms with Crippen molar-refractivity contribution in [3.05, 3.63) is 66.0 Å². The van der Waals surface area contributed by atoms with E-state index in [-0.39, 0.29) is 11.9 Å². The topological polar surface area (TPSA) is 45.2 Å². The molecule has 1 atom stereocenters. The minimum Gasteiger partial charge on any atom is -0.350 e. The van der Waals surface area contributed by atoms with Gasteiger partial charge in [0.15, 0.2) is 0 Å². The molecule has 4 heteroatoms. The molecule has 0 saturated carbocycles. The fourth-order valence-corrected chi connectivity index (χ4v) is 2.07. The van der Waals surface area contributed by atoms with E-state index in [9.17, 15) is 4.79 Å². The summed E-state index contributed by atoms with van der Waals surface area (Å²) in [6, 6.07) is 13.7. The molecule has 0 aliphatic carbocycles. The van der Waals surface area contributed by atoms with Crippen LogP contribution in [0.25, 0.3) is 0 Å². The molecular formula is C16H19N3O. The van der Waals surface area contributed by atoms with E-state index in [4.69, 9.17) is 0 Å². The second-order valence-electron chi connectivity index (χ2n) is 4.84. The first kappa shape index (κ1) is 14.2. The minimum absolute atomic E-state index is 0.0739. The van der Waals surface area contributed by atoms with Gasteiger partial charge in [-0.2, -0.15) is 0 Å². The summed E-state index contributed by atoms with van der Waals surface area (Å²) in [4.78, 5) is 18.1. The average Bonchev–Trinajstić information content (AvgIpc) is 2.49. The number of pyridine rings is 1. The first-order chi connectivity index (χ1) is 9.68. The smallest absolute Gasteiger partial charge is 0.251 e. The zero-order chi connectivity index (χ0) is 14.4. The fraction of sp³-hybridized carbons (Fsp3) is 0.250. The molecule has 0 fully saturated rings. The zero-order valence-corrected chi connectivity index (χ0v) is 11.8. The Kier molecular flexibility index (Phi) is 4.85. The third kappa shape index (κ3) is 3.65. The van der Waals surface area contributed by atoms with E-state index in [0.717, 1.165) is 0 Å². The number of carbonyl (C=O) groups excluding carboxylic acids is 1. The van der Waals surface area contributed by atoms with Gasteiger partial charge >= 0.3 is 0 Å². The van der Waals surface area contributed by atoms with Crippen LogP contribution in [0.5, 0.6) is 0 Å². The fourth-order valence-electron chi connectivity index (χ4n) is 2.07. The zero-order valence-electron chi connectivity index (χ0n) is 11.8. The van der Waals surface area contributed by atoms with Crippen molar-refractivity contribution >= 4 is 5.91 Å². The Balaban J connectivity index is 2.02. The van der Waals surface area contributed by atoms with Crippen molar-refractivity contribution in [2.45, 2.75) is 6.04 Å². The summed E-state index contributed by atoms with van der Waals surface area (Å²) in [5.74, 6) is -0.0739. The number of hydrogen-bond donors (Lipinski definition) is 1. The molecule has 0 bridgehead atoms. The van der Waals surface area contributed by atoms with Crippen LogP contribution in [0.1, 0.15) is 22.0 Å². The van der Waals surface area contributed by atoms with E-state index in [2.05, 4.69) is 27.3 Å². The third-order valence-electron chi connectivity index (χ3n) is 3.21. The van der Waals surface area contributed by atoms with E-state index < -0.39 is 0 Å². The molecule has 0 aliphatic heterocycles. The summed E-state index contributed by atoms with van der Waals surface area (Å²) in [6.07, 6.45) is 3.24. The molecule has 2 rings (SSSR count). The van der Waals surface area contributed by atoms with Crippen molar-refractivity contribution < 1.29 is 4.79 Å². The summed E-state index contributed by atoms with van der Waals surface area (Å²) >= 11 is 0. The van der Waals surface area contributed by atoms with Gasteiger partial charge in [-0.05, 0) is 31.8 Å². The van der Waals surface area contributed by atoms with Gasteiger partial charge in [-0.15, -0.1) is 0 Å². The van der Waals surface area contributed by atoms with Gasteiger partial charge in [-0.3, -0.25) is 9.78 Å². The molecular weight excluding hydrogens is 250 g/mol. The number of hydrogen-bond acceptors (Lipinski definition) is 3. The molecule has 1 N–H and O–H groups in total. The molecule has 1 amide bonds. The third-order valence-corrected chi connectivity index (χ3v) is 3.21. The van der Waals surface area contributed by atoms with Gasteiger partial charge in [0.05, 0.1) is 6.04 Å². The SMILES string of the molecule is CN(C)[C@@H](CNC(=O)c1ccncc1)c1ccccc1. The number of benzene rings is 1. The largest absolute Gasteiger partial charge is 0.350 e. The Bertz CT molecular complexity index is 540. The van der Waals surface area contributed by atoms with Crippen molar-refractivity contribution in [3.8, 4) is 0 Å². The molecule has 104 valence electrons. The van der Waals surface area contributed by atoms with Crippen molar-refractivity contribution in [2.75, 3.05) is 20.6 Å². The first-order valence-electron chi connectivity index (χ1n) is 6.58. The van der Waals surface area contributed by atoms with Gasteiger partial charge in [-0.25, -0.2) is 0 Å². The summed E-state index contributed by atoms with van der Waals surface area (Å²) in [7, 11) is 4.02. The molecule has 0 saturated heterocycles. The van der Waals surface area contributed by atoms with Crippen LogP contribution < -0.4 is 5.32 Å². The Morgan fingerprint density at radius 1 is 1.15 bits per heavy atom. The van der Waals surface area contributed by atoms with Crippen LogP contribution in [0.15, 0.2) is 54.9 Å². The van der Waals surface area contributed by atoms with Crippen LogP contribution >= 0.6 is 0 Å². The van der Waals surface area contributed by atoms with Crippen LogP contribution in [-0.2, 0) is 0 Å². The van der Waals surface area contributed by atoms with Gasteiger partial charge in [0.1, 0.15) is 0 Å². The van der Waals surface area contributed by atoms with E-state index in [1.807, 2.05) is 32.3 Å². The maximum absolute atomic E-state index is 12.0. The lowest BCUT2D eigenvalue weighted by Crippen LogP contribution is -2.34. The van der Waals surface area contributed by atoms with Crippen molar-refractivity contribution in [1.82, 2.24) is 15.2 Å². The summed E-state index contributed by atoms with van der Waals surface area (Å²) in [5, 5.41) is 2.97. The molecule has 0 radical (unpaired) electrons. The van der Waals surface area contributed by atoms with Crippen LogP contribution in [0.2, 0.25) is 0 Å². The van der Waals surface area contributed by atoms with Gasteiger partial charge in [-0.1, -0.05) is 30.3 Å². The highest BCUT2D eigenvalue weighted by atomic mass is 16.1. The standard InChI is InChI=1S/C16H19N3O/c1-19(2)15(13-6-4-3-5-7-13)12-18-16(20)14-8-10-17-11-9-14/h3-11,15H,12H2,1-2H3,(H,18,20)/t15-/m0/s1. The maximum atomic E-state index is 12.0. The normalized spacial score (nSPS) is 12.2. The number of amides is 1. The second-order valence-corrected chi connectivity index (χ2v) is 4.84. The van der Waals surface area contributed by atoms with E-state index in [1.165, 1.54) is 5.56 Å². The quantitative estimate of drug-likeness (QED) is 0.904. The number of likely N-dealkylation sites (N-methyl/N-ethyl adjacent to an activating group) is 1. The van der Waals surface area contributed by atoms with Crippen LogP contribution in [-0.4, -0.2) is 36.4 Å². The first-order valence-corrected chi connectivity index (χ1v) is 6.58. The van der Waals surface area contributed by atoms with Gasteiger partial charge in [0.2, 0.25) is 0 Å². The number of nitrogens with zero attached hydrogens (tertiary/aromatic N) is 2. The number of carbonyl (C=O) groups is 1. The number of rotatable bonds is 5. The maximum Gasteiger partial charge on any atom is 0.251 e. The predicted octanol–water partition coefficient (Wildman–Crippen LogP) is 2.11. The van der Waals surface area contributed by atoms with Crippen molar-refractivity contribution in [3.63, 3.8) is 0 Å². The number of aromatic nitrogens is 1. The Morgan fingerprint density at radius 2 is 1.80 bits per heavy atom. The van der Waals surface area contributed by atoms with Crippen molar-refractivity contribution in [2.24, 2.45) is 0 Å². The second kappa shape index (κ2) is 6.82. The van der Waals surface area contributed by atoms with Gasteiger partial charge in [0.25, 0.3) is 5.91 Å². The summed E-state index contributed by atoms with van der Waals surface area (Å²) in [5.41, 5.74) is 1.82. The molecule has 20 heavy (non-hydrogen) atoms. The lowest BCUT2D eigenvalue weighted by Gasteiger charge is -2.25. The van der Waals surface area contributed by atoms with Gasteiger partial charge < -0.3 is 10.2 Å². The molecule has 0 unspecified atom stereocenters. The predicted molar refractivity (Wildman–Crippen MR) is 79.4 cm³/mol. The lowest BCUT2D eigenvalue weighted by atomic mass is 10.1. The Hall–Kier alpha value is -2.20. The molecule has 0 aliphatic rings. The van der Waals surface area contributed by atoms with Crippen molar-refractivity contribution in [1.29, 1.82) is 0 Å². The number of nitrogens with one attached hydrogen (secondary N) is 1. The van der Waals surface area contributed by atoms with Crippen LogP contribution in [0, 0.1) is 0 Å². The summed E-state index contributed by atoms with van der Waals surface area (Å²) < 4.78 is 0. The molecule has 2 aromatic rings. The Labute approximate surface area is 119 Å². The molecule has 0 spiro atoms. The monoisotopic (exact) mass is 269 g/mol. The minimum atomic E-state index is -0.0739. The molecule has 1 aromatic carbocycles. The van der Waals surface area contributed by atoms with Crippen LogP contribution in [0.3, 0.4) is 0 Å². The Morgan fingerprint density at radius 3 is 2.40 bits per heavy atom. The average molecular weight is 269 g/mol. The highest BCUT2D eigenvalue weighted by Crippen LogP contribution is 2.16. The lowest BCUT2D eigenvalue weighted by molar-refractivity contribution is 0.0942. The van der Waals surface area contributed by atoms with E-state index in [0.29, 0.717) is 12.1 Å². The molecule has 1 aromatic heterocycles.